The molecule has 1 aliphatic carbocycles. The van der Waals surface area contributed by atoms with Crippen molar-refractivity contribution in [3.8, 4) is 0 Å². The summed E-state index contributed by atoms with van der Waals surface area (Å²) in [5.41, 5.74) is 7.13. The van der Waals surface area contributed by atoms with E-state index in [1.54, 1.807) is 0 Å². The number of likely N-dealkylation sites (N-methyl/N-ethyl adjacent to an activating group) is 1. The van der Waals surface area contributed by atoms with Gasteiger partial charge in [-0.15, -0.1) is 0 Å². The number of nitrogens with two attached hydrogens (primary N) is 1. The maximum Gasteiger partial charge on any atom is 0.0190 e. The molecule has 0 spiro atoms. The van der Waals surface area contributed by atoms with Crippen LogP contribution >= 0.6 is 0 Å². The Hall–Kier alpha value is -0.340. The van der Waals surface area contributed by atoms with Gasteiger partial charge < -0.3 is 5.73 Å². The molecule has 0 saturated heterocycles. The van der Waals surface area contributed by atoms with E-state index in [-0.39, 0.29) is 0 Å². The Morgan fingerprint density at radius 2 is 2.07 bits per heavy atom. The summed E-state index contributed by atoms with van der Waals surface area (Å²) in [7, 11) is 0. The molecule has 88 valence electrons. The van der Waals surface area contributed by atoms with E-state index in [0.717, 1.165) is 19.6 Å². The van der Waals surface area contributed by atoms with Crippen molar-refractivity contribution in [1.29, 1.82) is 0 Å². The summed E-state index contributed by atoms with van der Waals surface area (Å²) >= 11 is 0. The molecule has 2 nitrogen and oxygen atoms in total. The zero-order valence-corrected chi connectivity index (χ0v) is 10.3. The first kappa shape index (κ1) is 12.7. The van der Waals surface area contributed by atoms with E-state index < -0.39 is 0 Å². The van der Waals surface area contributed by atoms with Crippen LogP contribution in [-0.2, 0) is 0 Å². The third-order valence-electron chi connectivity index (χ3n) is 3.52. The van der Waals surface area contributed by atoms with Gasteiger partial charge in [-0.3, -0.25) is 4.90 Å². The summed E-state index contributed by atoms with van der Waals surface area (Å²) in [6.45, 7) is 11.4. The van der Waals surface area contributed by atoms with Gasteiger partial charge in [-0.25, -0.2) is 0 Å². The molecule has 15 heavy (non-hydrogen) atoms. The lowest BCUT2D eigenvalue weighted by molar-refractivity contribution is 0.122. The zero-order valence-electron chi connectivity index (χ0n) is 10.3. The van der Waals surface area contributed by atoms with Crippen molar-refractivity contribution in [2.45, 2.75) is 45.6 Å². The lowest BCUT2D eigenvalue weighted by atomic mass is 9.83. The molecule has 2 atom stereocenters. The Bertz CT molecular complexity index is 201. The Morgan fingerprint density at radius 3 is 2.60 bits per heavy atom. The summed E-state index contributed by atoms with van der Waals surface area (Å²) in [6.07, 6.45) is 5.37. The predicted molar refractivity (Wildman–Crippen MR) is 66.9 cm³/mol. The van der Waals surface area contributed by atoms with Crippen LogP contribution in [0.1, 0.15) is 39.5 Å². The van der Waals surface area contributed by atoms with E-state index in [1.807, 2.05) is 0 Å². The van der Waals surface area contributed by atoms with Crippen LogP contribution in [0, 0.1) is 5.92 Å². The Kier molecular flexibility index (Phi) is 5.34. The molecule has 0 aromatic rings. The molecular formula is C13H26N2. The summed E-state index contributed by atoms with van der Waals surface area (Å²) in [4.78, 5) is 2.55. The minimum absolute atomic E-state index is 0.699. The van der Waals surface area contributed by atoms with Gasteiger partial charge in [-0.2, -0.15) is 0 Å². The lowest BCUT2D eigenvalue weighted by Gasteiger charge is -2.39. The van der Waals surface area contributed by atoms with Crippen molar-refractivity contribution >= 4 is 0 Å². The molecule has 1 rings (SSSR count). The van der Waals surface area contributed by atoms with Crippen LogP contribution < -0.4 is 5.73 Å². The van der Waals surface area contributed by atoms with E-state index in [0.29, 0.717) is 12.0 Å². The summed E-state index contributed by atoms with van der Waals surface area (Å²) in [6, 6.07) is 0.699. The first-order valence-electron chi connectivity index (χ1n) is 6.27. The van der Waals surface area contributed by atoms with Crippen LogP contribution in [0.4, 0.5) is 0 Å². The minimum atomic E-state index is 0.699. The van der Waals surface area contributed by atoms with Gasteiger partial charge in [0.15, 0.2) is 0 Å². The van der Waals surface area contributed by atoms with E-state index in [4.69, 9.17) is 5.73 Å². The van der Waals surface area contributed by atoms with E-state index in [2.05, 4.69) is 25.3 Å². The molecule has 1 saturated carbocycles. The lowest BCUT2D eigenvalue weighted by Crippen LogP contribution is -2.45. The SMILES string of the molecule is C=C(C)CN(CC)C1CCCCC1CN. The maximum absolute atomic E-state index is 5.87. The van der Waals surface area contributed by atoms with Crippen molar-refractivity contribution in [3.05, 3.63) is 12.2 Å². The highest BCUT2D eigenvalue weighted by atomic mass is 15.2. The smallest absolute Gasteiger partial charge is 0.0190 e. The van der Waals surface area contributed by atoms with Gasteiger partial charge in [0.1, 0.15) is 0 Å². The molecule has 0 bridgehead atoms. The highest BCUT2D eigenvalue weighted by Gasteiger charge is 2.28. The van der Waals surface area contributed by atoms with Gasteiger partial charge in [0.05, 0.1) is 0 Å². The second-order valence-corrected chi connectivity index (χ2v) is 4.87. The average Bonchev–Trinajstić information content (AvgIpc) is 2.25. The van der Waals surface area contributed by atoms with Crippen molar-refractivity contribution in [3.63, 3.8) is 0 Å². The normalized spacial score (nSPS) is 26.9. The second-order valence-electron chi connectivity index (χ2n) is 4.87. The fraction of sp³-hybridized carbons (Fsp3) is 0.846. The van der Waals surface area contributed by atoms with Crippen LogP contribution in [0.25, 0.3) is 0 Å². The molecule has 2 heteroatoms. The highest BCUT2D eigenvalue weighted by Crippen LogP contribution is 2.28. The number of rotatable bonds is 5. The molecule has 1 fully saturated rings. The Morgan fingerprint density at radius 1 is 1.40 bits per heavy atom. The van der Waals surface area contributed by atoms with E-state index >= 15 is 0 Å². The molecule has 0 aliphatic heterocycles. The third-order valence-corrected chi connectivity index (χ3v) is 3.52. The first-order valence-corrected chi connectivity index (χ1v) is 6.27. The van der Waals surface area contributed by atoms with Crippen LogP contribution in [0.15, 0.2) is 12.2 Å². The van der Waals surface area contributed by atoms with Gasteiger partial charge >= 0.3 is 0 Å². The first-order chi connectivity index (χ1) is 7.19. The zero-order chi connectivity index (χ0) is 11.3. The molecule has 0 aromatic heterocycles. The maximum atomic E-state index is 5.87. The number of hydrogen-bond donors (Lipinski definition) is 1. The van der Waals surface area contributed by atoms with Gasteiger partial charge in [0.25, 0.3) is 0 Å². The summed E-state index contributed by atoms with van der Waals surface area (Å²) in [5, 5.41) is 0. The van der Waals surface area contributed by atoms with Crippen molar-refractivity contribution < 1.29 is 0 Å². The fourth-order valence-corrected chi connectivity index (χ4v) is 2.75. The molecule has 0 radical (unpaired) electrons. The van der Waals surface area contributed by atoms with Gasteiger partial charge in [0, 0.05) is 12.6 Å². The van der Waals surface area contributed by atoms with Gasteiger partial charge in [0.2, 0.25) is 0 Å². The largest absolute Gasteiger partial charge is 0.330 e. The second kappa shape index (κ2) is 6.29. The quantitative estimate of drug-likeness (QED) is 0.706. The predicted octanol–water partition coefficient (Wildman–Crippen LogP) is 2.40. The molecular weight excluding hydrogens is 184 g/mol. The molecule has 1 aliphatic rings. The van der Waals surface area contributed by atoms with E-state index in [9.17, 15) is 0 Å². The van der Waals surface area contributed by atoms with Gasteiger partial charge in [-0.1, -0.05) is 31.9 Å². The van der Waals surface area contributed by atoms with Crippen LogP contribution in [0.5, 0.6) is 0 Å². The highest BCUT2D eigenvalue weighted by molar-refractivity contribution is 4.95. The number of hydrogen-bond acceptors (Lipinski definition) is 2. The van der Waals surface area contributed by atoms with Crippen molar-refractivity contribution in [2.75, 3.05) is 19.6 Å². The Balaban J connectivity index is 2.58. The molecule has 0 heterocycles. The van der Waals surface area contributed by atoms with Crippen LogP contribution in [0.3, 0.4) is 0 Å². The standard InChI is InChI=1S/C13H26N2/c1-4-15(10-11(2)3)13-8-6-5-7-12(13)9-14/h12-13H,2,4-10,14H2,1,3H3. The summed E-state index contributed by atoms with van der Waals surface area (Å²) in [5.74, 6) is 0.707. The number of nitrogens with zero attached hydrogens (tertiary/aromatic N) is 1. The molecule has 0 aromatic carbocycles. The molecule has 2 unspecified atom stereocenters. The monoisotopic (exact) mass is 210 g/mol. The molecule has 2 N–H and O–H groups in total. The van der Waals surface area contributed by atoms with E-state index in [1.165, 1.54) is 31.3 Å². The Labute approximate surface area is 94.5 Å². The van der Waals surface area contributed by atoms with Crippen molar-refractivity contribution in [2.24, 2.45) is 11.7 Å². The fourth-order valence-electron chi connectivity index (χ4n) is 2.75. The van der Waals surface area contributed by atoms with Gasteiger partial charge in [-0.05, 0) is 38.8 Å². The average molecular weight is 210 g/mol. The summed E-state index contributed by atoms with van der Waals surface area (Å²) < 4.78 is 0. The molecule has 0 amide bonds. The topological polar surface area (TPSA) is 29.3 Å². The van der Waals surface area contributed by atoms with Crippen molar-refractivity contribution in [1.82, 2.24) is 4.90 Å². The van der Waals surface area contributed by atoms with Crippen LogP contribution in [-0.4, -0.2) is 30.6 Å². The third kappa shape index (κ3) is 3.62. The van der Waals surface area contributed by atoms with Crippen LogP contribution in [0.2, 0.25) is 0 Å². The minimum Gasteiger partial charge on any atom is -0.330 e.